The smallest absolute Gasteiger partial charge is 0.261 e. The van der Waals surface area contributed by atoms with E-state index in [9.17, 15) is 9.59 Å². The van der Waals surface area contributed by atoms with E-state index in [1.807, 2.05) is 57.6 Å². The number of carbonyl (C=O) groups excluding carboxylic acids is 2. The van der Waals surface area contributed by atoms with Crippen molar-refractivity contribution in [3.05, 3.63) is 65.6 Å². The average molecular weight is 459 g/mol. The molecular weight excluding hydrogens is 428 g/mol. The highest BCUT2D eigenvalue weighted by Crippen LogP contribution is 2.41. The highest BCUT2D eigenvalue weighted by atomic mass is 16.5. The quantitative estimate of drug-likeness (QED) is 0.516. The molecule has 0 saturated carbocycles. The van der Waals surface area contributed by atoms with Crippen LogP contribution in [0.2, 0.25) is 0 Å². The number of nitrogens with one attached hydrogen (secondary N) is 1. The van der Waals surface area contributed by atoms with E-state index in [0.717, 1.165) is 40.8 Å². The molecule has 0 unspecified atom stereocenters. The standard InChI is InChI=1S/C27H30N4O3/c1-7-9-18-20(15-28-22(18)8-2)24-25(27(33)30(5)26(24)32)21-16-31(13-12-29(3)4)23-11-10-17(34-6)14-19(21)23/h7-11,14-16,28H,2,12-13H2,1,3-6H3/b9-7-. The second-order valence-electron chi connectivity index (χ2n) is 8.58. The number of methoxy groups -OCH3 is 1. The van der Waals surface area contributed by atoms with Gasteiger partial charge in [-0.3, -0.25) is 14.5 Å². The first kappa shape index (κ1) is 23.3. The summed E-state index contributed by atoms with van der Waals surface area (Å²) in [5.74, 6) is 0.0521. The Hall–Kier alpha value is -3.84. The maximum absolute atomic E-state index is 13.5. The van der Waals surface area contributed by atoms with Gasteiger partial charge in [0.1, 0.15) is 5.75 Å². The second-order valence-corrected chi connectivity index (χ2v) is 8.58. The van der Waals surface area contributed by atoms with Crippen LogP contribution in [-0.4, -0.2) is 66.0 Å². The second kappa shape index (κ2) is 9.19. The van der Waals surface area contributed by atoms with E-state index in [1.54, 1.807) is 19.4 Å². The Kier molecular flexibility index (Phi) is 6.30. The summed E-state index contributed by atoms with van der Waals surface area (Å²) in [6.45, 7) is 7.36. The zero-order valence-corrected chi connectivity index (χ0v) is 20.3. The van der Waals surface area contributed by atoms with Crippen LogP contribution in [0.1, 0.15) is 29.3 Å². The summed E-state index contributed by atoms with van der Waals surface area (Å²) in [6, 6.07) is 5.83. The van der Waals surface area contributed by atoms with E-state index in [1.165, 1.54) is 11.9 Å². The minimum atomic E-state index is -0.322. The van der Waals surface area contributed by atoms with E-state index < -0.39 is 0 Å². The van der Waals surface area contributed by atoms with Crippen LogP contribution in [-0.2, 0) is 16.1 Å². The minimum absolute atomic E-state index is 0.317. The van der Waals surface area contributed by atoms with Crippen LogP contribution in [0.15, 0.2) is 43.2 Å². The van der Waals surface area contributed by atoms with Crippen LogP contribution in [0.5, 0.6) is 5.75 Å². The van der Waals surface area contributed by atoms with Gasteiger partial charge in [-0.2, -0.15) is 0 Å². The lowest BCUT2D eigenvalue weighted by Crippen LogP contribution is -2.26. The molecule has 0 bridgehead atoms. The van der Waals surface area contributed by atoms with Gasteiger partial charge in [0.2, 0.25) is 0 Å². The van der Waals surface area contributed by atoms with Crippen molar-refractivity contribution in [2.24, 2.45) is 0 Å². The molecule has 34 heavy (non-hydrogen) atoms. The van der Waals surface area contributed by atoms with Crippen LogP contribution >= 0.6 is 0 Å². The van der Waals surface area contributed by atoms with Gasteiger partial charge in [0.15, 0.2) is 0 Å². The molecule has 2 aromatic heterocycles. The number of aromatic amines is 1. The molecule has 3 heterocycles. The number of aromatic nitrogens is 2. The number of likely N-dealkylation sites (N-methyl/N-ethyl adjacent to an activating group) is 2. The van der Waals surface area contributed by atoms with Gasteiger partial charge >= 0.3 is 0 Å². The van der Waals surface area contributed by atoms with Crippen LogP contribution < -0.4 is 4.74 Å². The minimum Gasteiger partial charge on any atom is -0.497 e. The van der Waals surface area contributed by atoms with Crippen molar-refractivity contribution in [1.29, 1.82) is 0 Å². The van der Waals surface area contributed by atoms with Crippen LogP contribution in [0.25, 0.3) is 34.2 Å². The summed E-state index contributed by atoms with van der Waals surface area (Å²) in [4.78, 5) is 33.3. The maximum atomic E-state index is 13.5. The first-order valence-corrected chi connectivity index (χ1v) is 11.2. The maximum Gasteiger partial charge on any atom is 0.261 e. The summed E-state index contributed by atoms with van der Waals surface area (Å²) in [5, 5.41) is 0.870. The van der Waals surface area contributed by atoms with Crippen LogP contribution in [0.4, 0.5) is 0 Å². The molecular formula is C27H30N4O3. The van der Waals surface area contributed by atoms with Crippen molar-refractivity contribution in [3.8, 4) is 5.75 Å². The number of amides is 2. The first-order chi connectivity index (χ1) is 16.3. The number of hydrogen-bond acceptors (Lipinski definition) is 4. The molecule has 0 fully saturated rings. The molecule has 1 aliphatic rings. The van der Waals surface area contributed by atoms with E-state index in [0.29, 0.717) is 22.5 Å². The van der Waals surface area contributed by atoms with Gasteiger partial charge in [0.25, 0.3) is 11.8 Å². The molecule has 1 aliphatic heterocycles. The Morgan fingerprint density at radius 2 is 1.85 bits per heavy atom. The Morgan fingerprint density at radius 1 is 1.15 bits per heavy atom. The lowest BCUT2D eigenvalue weighted by Gasteiger charge is -2.11. The van der Waals surface area contributed by atoms with E-state index >= 15 is 0 Å². The fourth-order valence-electron chi connectivity index (χ4n) is 4.41. The fourth-order valence-corrected chi connectivity index (χ4v) is 4.41. The number of fused-ring (bicyclic) bond motifs is 1. The lowest BCUT2D eigenvalue weighted by atomic mass is 9.94. The number of imide groups is 1. The van der Waals surface area contributed by atoms with Gasteiger partial charge in [0.05, 0.1) is 18.3 Å². The summed E-state index contributed by atoms with van der Waals surface area (Å²) >= 11 is 0. The van der Waals surface area contributed by atoms with Crippen molar-refractivity contribution in [2.45, 2.75) is 13.5 Å². The molecule has 1 aromatic carbocycles. The predicted octanol–water partition coefficient (Wildman–Crippen LogP) is 4.13. The third kappa shape index (κ3) is 3.78. The highest BCUT2D eigenvalue weighted by molar-refractivity contribution is 6.50. The third-order valence-corrected chi connectivity index (χ3v) is 6.19. The SMILES string of the molecule is C=Cc1[nH]cc(C2=C(c3cn(CCN(C)C)c4ccc(OC)cc34)C(=O)N(C)C2=O)c1/C=C\C. The van der Waals surface area contributed by atoms with Gasteiger partial charge in [0, 0.05) is 65.8 Å². The third-order valence-electron chi connectivity index (χ3n) is 6.19. The molecule has 3 aromatic rings. The Morgan fingerprint density at radius 3 is 2.47 bits per heavy atom. The van der Waals surface area contributed by atoms with Crippen molar-refractivity contribution in [3.63, 3.8) is 0 Å². The first-order valence-electron chi connectivity index (χ1n) is 11.2. The molecule has 0 radical (unpaired) electrons. The molecule has 4 rings (SSSR count). The number of benzene rings is 1. The Balaban J connectivity index is 2.04. The molecule has 2 amide bonds. The van der Waals surface area contributed by atoms with Crippen molar-refractivity contribution in [1.82, 2.24) is 19.4 Å². The van der Waals surface area contributed by atoms with Gasteiger partial charge < -0.3 is 19.2 Å². The monoisotopic (exact) mass is 458 g/mol. The molecule has 0 saturated heterocycles. The van der Waals surface area contributed by atoms with Crippen LogP contribution in [0.3, 0.4) is 0 Å². The number of hydrogen-bond donors (Lipinski definition) is 1. The van der Waals surface area contributed by atoms with Gasteiger partial charge in [-0.05, 0) is 45.3 Å². The van der Waals surface area contributed by atoms with Crippen molar-refractivity contribution >= 4 is 46.0 Å². The topological polar surface area (TPSA) is 70.6 Å². The van der Waals surface area contributed by atoms with E-state index in [-0.39, 0.29) is 11.8 Å². The molecule has 0 atom stereocenters. The zero-order chi connectivity index (χ0) is 24.6. The van der Waals surface area contributed by atoms with Gasteiger partial charge in [-0.1, -0.05) is 18.7 Å². The number of allylic oxidation sites excluding steroid dienone is 1. The number of ether oxygens (including phenoxy) is 1. The number of rotatable bonds is 8. The molecule has 0 spiro atoms. The highest BCUT2D eigenvalue weighted by Gasteiger charge is 2.39. The number of carbonyl (C=O) groups is 2. The molecule has 7 heteroatoms. The lowest BCUT2D eigenvalue weighted by molar-refractivity contribution is -0.134. The fraction of sp³-hybridized carbons (Fsp3) is 0.259. The number of nitrogens with zero attached hydrogens (tertiary/aromatic N) is 3. The predicted molar refractivity (Wildman–Crippen MR) is 137 cm³/mol. The molecule has 0 aliphatic carbocycles. The Labute approximate surface area is 199 Å². The normalized spacial score (nSPS) is 14.5. The van der Waals surface area contributed by atoms with E-state index in [2.05, 4.69) is 21.0 Å². The largest absolute Gasteiger partial charge is 0.497 e. The molecule has 1 N–H and O–H groups in total. The summed E-state index contributed by atoms with van der Waals surface area (Å²) in [5.41, 5.74) is 4.80. The molecule has 176 valence electrons. The van der Waals surface area contributed by atoms with Gasteiger partial charge in [-0.15, -0.1) is 0 Å². The average Bonchev–Trinajstić information content (AvgIpc) is 3.46. The number of H-pyrrole nitrogens is 1. The summed E-state index contributed by atoms with van der Waals surface area (Å²) in [7, 11) is 7.19. The van der Waals surface area contributed by atoms with Crippen LogP contribution in [0, 0.1) is 0 Å². The van der Waals surface area contributed by atoms with Crippen molar-refractivity contribution in [2.75, 3.05) is 34.8 Å². The summed E-state index contributed by atoms with van der Waals surface area (Å²) in [6.07, 6.45) is 9.29. The molecule has 7 nitrogen and oxygen atoms in total. The summed E-state index contributed by atoms with van der Waals surface area (Å²) < 4.78 is 7.60. The van der Waals surface area contributed by atoms with E-state index in [4.69, 9.17) is 4.74 Å². The Bertz CT molecular complexity index is 1350. The van der Waals surface area contributed by atoms with Gasteiger partial charge in [-0.25, -0.2) is 0 Å². The van der Waals surface area contributed by atoms with Crippen molar-refractivity contribution < 1.29 is 14.3 Å². The zero-order valence-electron chi connectivity index (χ0n) is 20.3.